The number of anilines is 1. The summed E-state index contributed by atoms with van der Waals surface area (Å²) in [4.78, 5) is 19.2. The van der Waals surface area contributed by atoms with Crippen LogP contribution in [0, 0.1) is 20.8 Å². The van der Waals surface area contributed by atoms with Gasteiger partial charge >= 0.3 is 5.97 Å². The third-order valence-corrected chi connectivity index (χ3v) is 6.03. The van der Waals surface area contributed by atoms with Gasteiger partial charge in [-0.1, -0.05) is 29.8 Å². The molecule has 0 aliphatic heterocycles. The zero-order valence-electron chi connectivity index (χ0n) is 15.9. The Hall–Kier alpha value is -2.97. The average Bonchev–Trinajstić information content (AvgIpc) is 2.64. The molecular weight excluding hydrogens is 414 g/mol. The van der Waals surface area contributed by atoms with Gasteiger partial charge in [-0.3, -0.25) is 0 Å². The number of carbonyl (C=O) groups is 1. The lowest BCUT2D eigenvalue weighted by Crippen LogP contribution is -2.16. The van der Waals surface area contributed by atoms with Crippen LogP contribution in [0.1, 0.15) is 27.0 Å². The Labute approximate surface area is 173 Å². The third-order valence-electron chi connectivity index (χ3n) is 4.51. The highest BCUT2D eigenvalue weighted by atomic mass is 35.5. The van der Waals surface area contributed by atoms with E-state index in [1.165, 1.54) is 18.2 Å². The van der Waals surface area contributed by atoms with E-state index < -0.39 is 16.0 Å². The number of rotatable bonds is 5. The van der Waals surface area contributed by atoms with Gasteiger partial charge in [0.25, 0.3) is 10.0 Å². The van der Waals surface area contributed by atoms with Crippen molar-refractivity contribution >= 4 is 33.5 Å². The highest BCUT2D eigenvalue weighted by molar-refractivity contribution is 7.92. The summed E-state index contributed by atoms with van der Waals surface area (Å²) in [6.07, 6.45) is 0. The predicted octanol–water partition coefficient (Wildman–Crippen LogP) is 4.22. The SMILES string of the molecule is Cc1ccc(C)c(-c2cc(Cl)nc(NS(=O)(=O)c3cccc(C(=O)O)c3)n2)c1C. The van der Waals surface area contributed by atoms with Crippen LogP contribution >= 0.6 is 11.6 Å². The molecule has 9 heteroatoms. The van der Waals surface area contributed by atoms with E-state index in [2.05, 4.69) is 14.7 Å². The van der Waals surface area contributed by atoms with Crippen molar-refractivity contribution in [3.8, 4) is 11.3 Å². The number of sulfonamides is 1. The molecule has 0 radical (unpaired) electrons. The van der Waals surface area contributed by atoms with E-state index in [-0.39, 0.29) is 21.6 Å². The van der Waals surface area contributed by atoms with Gasteiger partial charge in [0.2, 0.25) is 5.95 Å². The first-order valence-electron chi connectivity index (χ1n) is 8.56. The first-order valence-corrected chi connectivity index (χ1v) is 10.4. The van der Waals surface area contributed by atoms with Gasteiger partial charge in [0.15, 0.2) is 0 Å². The van der Waals surface area contributed by atoms with E-state index in [0.717, 1.165) is 28.3 Å². The number of carboxylic acids is 1. The summed E-state index contributed by atoms with van der Waals surface area (Å²) < 4.78 is 27.7. The summed E-state index contributed by atoms with van der Waals surface area (Å²) in [6, 6.07) is 10.5. The van der Waals surface area contributed by atoms with Gasteiger partial charge in [-0.2, -0.15) is 0 Å². The Morgan fingerprint density at radius 3 is 2.41 bits per heavy atom. The molecule has 1 aromatic heterocycles. The van der Waals surface area contributed by atoms with E-state index in [1.54, 1.807) is 6.07 Å². The van der Waals surface area contributed by atoms with Gasteiger partial charge in [-0.15, -0.1) is 0 Å². The number of halogens is 1. The van der Waals surface area contributed by atoms with E-state index in [9.17, 15) is 13.2 Å². The average molecular weight is 432 g/mol. The molecule has 0 amide bonds. The molecule has 7 nitrogen and oxygen atoms in total. The predicted molar refractivity (Wildman–Crippen MR) is 111 cm³/mol. The summed E-state index contributed by atoms with van der Waals surface area (Å²) in [7, 11) is -4.11. The number of nitrogens with zero attached hydrogens (tertiary/aromatic N) is 2. The number of aromatic nitrogens is 2. The van der Waals surface area contributed by atoms with E-state index in [1.807, 2.05) is 32.9 Å². The van der Waals surface area contributed by atoms with Crippen LogP contribution in [0.5, 0.6) is 0 Å². The third kappa shape index (κ3) is 4.38. The highest BCUT2D eigenvalue weighted by Crippen LogP contribution is 2.30. The maximum atomic E-state index is 12.7. The normalized spacial score (nSPS) is 11.3. The molecule has 0 bridgehead atoms. The van der Waals surface area contributed by atoms with Crippen LogP contribution in [0.4, 0.5) is 5.95 Å². The second-order valence-electron chi connectivity index (χ2n) is 6.54. The van der Waals surface area contributed by atoms with Crippen LogP contribution in [0.2, 0.25) is 5.15 Å². The Bertz CT molecular complexity index is 1230. The lowest BCUT2D eigenvalue weighted by molar-refractivity contribution is 0.0696. The van der Waals surface area contributed by atoms with Gasteiger partial charge in [0, 0.05) is 11.6 Å². The van der Waals surface area contributed by atoms with Crippen molar-refractivity contribution in [1.29, 1.82) is 0 Å². The zero-order chi connectivity index (χ0) is 21.3. The first kappa shape index (κ1) is 20.8. The van der Waals surface area contributed by atoms with Crippen LogP contribution < -0.4 is 4.72 Å². The van der Waals surface area contributed by atoms with Gasteiger partial charge in [0.1, 0.15) is 5.15 Å². The number of aromatic carboxylic acids is 1. The largest absolute Gasteiger partial charge is 0.478 e. The number of carboxylic acid groups (broad SMARTS) is 1. The summed E-state index contributed by atoms with van der Waals surface area (Å²) in [5, 5.41) is 9.16. The molecule has 0 saturated carbocycles. The number of aryl methyl sites for hydroxylation is 2. The second-order valence-corrected chi connectivity index (χ2v) is 8.61. The van der Waals surface area contributed by atoms with Crippen molar-refractivity contribution in [2.24, 2.45) is 0 Å². The minimum Gasteiger partial charge on any atom is -0.478 e. The van der Waals surface area contributed by atoms with Gasteiger partial charge in [-0.05, 0) is 55.7 Å². The fraction of sp³-hybridized carbons (Fsp3) is 0.150. The topological polar surface area (TPSA) is 109 Å². The van der Waals surface area contributed by atoms with E-state index in [0.29, 0.717) is 5.69 Å². The Morgan fingerprint density at radius 2 is 1.72 bits per heavy atom. The Kier molecular flexibility index (Phi) is 5.59. The molecular formula is C20H18ClN3O4S. The van der Waals surface area contributed by atoms with Crippen molar-refractivity contribution in [1.82, 2.24) is 9.97 Å². The van der Waals surface area contributed by atoms with Crippen molar-refractivity contribution in [2.45, 2.75) is 25.7 Å². The van der Waals surface area contributed by atoms with Crippen LogP contribution in [0.3, 0.4) is 0 Å². The fourth-order valence-corrected chi connectivity index (χ4v) is 4.08. The summed E-state index contributed by atoms with van der Waals surface area (Å²) >= 11 is 6.12. The molecule has 1 heterocycles. The number of nitrogens with one attached hydrogen (secondary N) is 1. The molecule has 2 N–H and O–H groups in total. The van der Waals surface area contributed by atoms with Crippen LogP contribution in [0.15, 0.2) is 47.4 Å². The molecule has 0 aliphatic rings. The molecule has 0 spiro atoms. The van der Waals surface area contributed by atoms with Crippen molar-refractivity contribution in [2.75, 3.05) is 4.72 Å². The molecule has 3 rings (SSSR count). The highest BCUT2D eigenvalue weighted by Gasteiger charge is 2.19. The monoisotopic (exact) mass is 431 g/mol. The summed E-state index contributed by atoms with van der Waals surface area (Å²) in [5.41, 5.74) is 4.22. The molecule has 0 saturated heterocycles. The Balaban J connectivity index is 2.05. The lowest BCUT2D eigenvalue weighted by atomic mass is 9.96. The zero-order valence-corrected chi connectivity index (χ0v) is 17.5. The van der Waals surface area contributed by atoms with Gasteiger partial charge < -0.3 is 5.11 Å². The number of hydrogen-bond donors (Lipinski definition) is 2. The number of benzene rings is 2. The molecule has 150 valence electrons. The maximum Gasteiger partial charge on any atom is 0.335 e. The van der Waals surface area contributed by atoms with Crippen LogP contribution in [0.25, 0.3) is 11.3 Å². The first-order chi connectivity index (χ1) is 13.6. The van der Waals surface area contributed by atoms with E-state index >= 15 is 0 Å². The molecule has 0 unspecified atom stereocenters. The molecule has 3 aromatic rings. The summed E-state index contributed by atoms with van der Waals surface area (Å²) in [5.74, 6) is -1.43. The Morgan fingerprint density at radius 1 is 1.03 bits per heavy atom. The van der Waals surface area contributed by atoms with Crippen LogP contribution in [-0.4, -0.2) is 29.5 Å². The molecule has 29 heavy (non-hydrogen) atoms. The standard InChI is InChI=1S/C20H18ClN3O4S/c1-11-7-8-12(2)18(13(11)3)16-10-17(21)23-20(22-16)24-29(27,28)15-6-4-5-14(9-15)19(25)26/h4-10H,1-3H3,(H,25,26)(H,22,23,24). The molecule has 2 aromatic carbocycles. The molecule has 0 atom stereocenters. The van der Waals surface area contributed by atoms with Crippen molar-refractivity contribution in [3.05, 3.63) is 69.9 Å². The van der Waals surface area contributed by atoms with Gasteiger partial charge in [0.05, 0.1) is 16.2 Å². The molecule has 0 fully saturated rings. The second kappa shape index (κ2) is 7.81. The lowest BCUT2D eigenvalue weighted by Gasteiger charge is -2.14. The quantitative estimate of drug-likeness (QED) is 0.585. The van der Waals surface area contributed by atoms with Crippen LogP contribution in [-0.2, 0) is 10.0 Å². The fourth-order valence-electron chi connectivity index (χ4n) is 2.91. The minimum atomic E-state index is -4.11. The van der Waals surface area contributed by atoms with E-state index in [4.69, 9.17) is 16.7 Å². The summed E-state index contributed by atoms with van der Waals surface area (Å²) in [6.45, 7) is 5.86. The van der Waals surface area contributed by atoms with Crippen molar-refractivity contribution < 1.29 is 18.3 Å². The van der Waals surface area contributed by atoms with Gasteiger partial charge in [-0.25, -0.2) is 27.9 Å². The number of hydrogen-bond acceptors (Lipinski definition) is 5. The maximum absolute atomic E-state index is 12.7. The van der Waals surface area contributed by atoms with Crippen molar-refractivity contribution in [3.63, 3.8) is 0 Å². The molecule has 0 aliphatic carbocycles. The minimum absolute atomic E-state index is 0.0762. The smallest absolute Gasteiger partial charge is 0.335 e.